The smallest absolute Gasteiger partial charge is 0.229 e. The van der Waals surface area contributed by atoms with Crippen LogP contribution in [0.1, 0.15) is 25.8 Å². The SMILES string of the molecule is CCOC1C=Cc2ccccc2N1C(=O)CC. The predicted molar refractivity (Wildman–Crippen MR) is 68.7 cm³/mol. The van der Waals surface area contributed by atoms with Gasteiger partial charge in [0.15, 0.2) is 6.23 Å². The molecule has 0 aliphatic carbocycles. The minimum atomic E-state index is -0.276. The summed E-state index contributed by atoms with van der Waals surface area (Å²) in [5.74, 6) is 0.0836. The third-order valence-electron chi connectivity index (χ3n) is 2.80. The Hall–Kier alpha value is -1.61. The molecule has 1 aliphatic heterocycles. The lowest BCUT2D eigenvalue weighted by Gasteiger charge is -2.33. The molecule has 0 spiro atoms. The van der Waals surface area contributed by atoms with Crippen molar-refractivity contribution in [1.29, 1.82) is 0 Å². The molecule has 0 radical (unpaired) electrons. The fraction of sp³-hybridized carbons (Fsp3) is 0.357. The van der Waals surface area contributed by atoms with Crippen LogP contribution in [-0.2, 0) is 9.53 Å². The van der Waals surface area contributed by atoms with Gasteiger partial charge in [0.25, 0.3) is 0 Å². The summed E-state index contributed by atoms with van der Waals surface area (Å²) in [6.07, 6.45) is 4.14. The van der Waals surface area contributed by atoms with Crippen LogP contribution in [-0.4, -0.2) is 18.7 Å². The second-order valence-corrected chi connectivity index (χ2v) is 3.88. The summed E-state index contributed by atoms with van der Waals surface area (Å²) < 4.78 is 5.59. The molecule has 1 aromatic rings. The van der Waals surface area contributed by atoms with Gasteiger partial charge in [-0.1, -0.05) is 31.2 Å². The van der Waals surface area contributed by atoms with E-state index in [4.69, 9.17) is 4.74 Å². The summed E-state index contributed by atoms with van der Waals surface area (Å²) in [6, 6.07) is 7.87. The third-order valence-corrected chi connectivity index (χ3v) is 2.80. The second-order valence-electron chi connectivity index (χ2n) is 3.88. The van der Waals surface area contributed by atoms with Gasteiger partial charge < -0.3 is 4.74 Å². The van der Waals surface area contributed by atoms with Crippen molar-refractivity contribution in [1.82, 2.24) is 0 Å². The molecule has 1 aliphatic rings. The van der Waals surface area contributed by atoms with Crippen LogP contribution in [0.3, 0.4) is 0 Å². The molecule has 3 heteroatoms. The van der Waals surface area contributed by atoms with Gasteiger partial charge in [0.05, 0.1) is 5.69 Å². The van der Waals surface area contributed by atoms with E-state index < -0.39 is 0 Å². The molecule has 3 nitrogen and oxygen atoms in total. The molecule has 0 N–H and O–H groups in total. The lowest BCUT2D eigenvalue weighted by atomic mass is 10.1. The molecule has 0 aromatic heterocycles. The molecule has 17 heavy (non-hydrogen) atoms. The minimum Gasteiger partial charge on any atom is -0.354 e. The normalized spacial score (nSPS) is 18.0. The molecule has 2 rings (SSSR count). The fourth-order valence-corrected chi connectivity index (χ4v) is 2.00. The second kappa shape index (κ2) is 5.15. The number of rotatable bonds is 3. The number of amides is 1. The number of carbonyl (C=O) groups is 1. The first-order chi connectivity index (χ1) is 8.27. The fourth-order valence-electron chi connectivity index (χ4n) is 2.00. The van der Waals surface area contributed by atoms with Crippen LogP contribution in [0.25, 0.3) is 6.08 Å². The first-order valence-corrected chi connectivity index (χ1v) is 5.98. The summed E-state index contributed by atoms with van der Waals surface area (Å²) in [5, 5.41) is 0. The number of fused-ring (bicyclic) bond motifs is 1. The summed E-state index contributed by atoms with van der Waals surface area (Å²) in [6.45, 7) is 4.39. The van der Waals surface area contributed by atoms with Crippen LogP contribution in [0.2, 0.25) is 0 Å². The highest BCUT2D eigenvalue weighted by Crippen LogP contribution is 2.29. The molecule has 1 unspecified atom stereocenters. The quantitative estimate of drug-likeness (QED) is 0.800. The predicted octanol–water partition coefficient (Wildman–Crippen LogP) is 2.82. The Balaban J connectivity index is 2.40. The van der Waals surface area contributed by atoms with Crippen molar-refractivity contribution in [3.05, 3.63) is 35.9 Å². The van der Waals surface area contributed by atoms with Crippen LogP contribution >= 0.6 is 0 Å². The molecule has 1 atom stereocenters. The van der Waals surface area contributed by atoms with Gasteiger partial charge in [0.2, 0.25) is 5.91 Å². The molecule has 1 heterocycles. The monoisotopic (exact) mass is 231 g/mol. The van der Waals surface area contributed by atoms with E-state index in [0.717, 1.165) is 11.3 Å². The highest BCUT2D eigenvalue weighted by Gasteiger charge is 2.26. The Kier molecular flexibility index (Phi) is 3.59. The highest BCUT2D eigenvalue weighted by atomic mass is 16.5. The number of benzene rings is 1. The molecule has 0 fully saturated rings. The van der Waals surface area contributed by atoms with E-state index in [1.165, 1.54) is 0 Å². The van der Waals surface area contributed by atoms with Crippen molar-refractivity contribution >= 4 is 17.7 Å². The van der Waals surface area contributed by atoms with Gasteiger partial charge in [-0.05, 0) is 24.6 Å². The topological polar surface area (TPSA) is 29.5 Å². The first-order valence-electron chi connectivity index (χ1n) is 5.98. The molecular formula is C14H17NO2. The van der Waals surface area contributed by atoms with Crippen LogP contribution < -0.4 is 4.90 Å². The summed E-state index contributed by atoms with van der Waals surface area (Å²) >= 11 is 0. The number of ether oxygens (including phenoxy) is 1. The average molecular weight is 231 g/mol. The Morgan fingerprint density at radius 1 is 1.35 bits per heavy atom. The standard InChI is InChI=1S/C14H17NO2/c1-3-13(16)15-12-8-6-5-7-11(12)9-10-14(15)17-4-2/h5-10,14H,3-4H2,1-2H3. The number of para-hydroxylation sites is 1. The van der Waals surface area contributed by atoms with E-state index in [-0.39, 0.29) is 12.1 Å². The van der Waals surface area contributed by atoms with Crippen LogP contribution in [0.15, 0.2) is 30.3 Å². The van der Waals surface area contributed by atoms with Crippen molar-refractivity contribution in [2.75, 3.05) is 11.5 Å². The molecule has 90 valence electrons. The van der Waals surface area contributed by atoms with Crippen LogP contribution in [0.4, 0.5) is 5.69 Å². The lowest BCUT2D eigenvalue weighted by molar-refractivity contribution is -0.120. The first kappa shape index (κ1) is 11.9. The van der Waals surface area contributed by atoms with E-state index in [9.17, 15) is 4.79 Å². The van der Waals surface area contributed by atoms with Crippen molar-refractivity contribution in [3.63, 3.8) is 0 Å². The van der Waals surface area contributed by atoms with Gasteiger partial charge in [0.1, 0.15) is 0 Å². The molecule has 1 aromatic carbocycles. The minimum absolute atomic E-state index is 0.0836. The van der Waals surface area contributed by atoms with Crippen molar-refractivity contribution in [2.45, 2.75) is 26.5 Å². The van der Waals surface area contributed by atoms with Crippen molar-refractivity contribution in [3.8, 4) is 0 Å². The Morgan fingerprint density at radius 3 is 2.82 bits per heavy atom. The van der Waals surface area contributed by atoms with Gasteiger partial charge in [-0.15, -0.1) is 0 Å². The highest BCUT2D eigenvalue weighted by molar-refractivity contribution is 5.97. The zero-order valence-electron chi connectivity index (χ0n) is 10.2. The molecule has 1 amide bonds. The van der Waals surface area contributed by atoms with Crippen molar-refractivity contribution in [2.24, 2.45) is 0 Å². The maximum Gasteiger partial charge on any atom is 0.229 e. The van der Waals surface area contributed by atoms with Gasteiger partial charge in [-0.3, -0.25) is 9.69 Å². The molecule has 0 saturated carbocycles. The molecule has 0 bridgehead atoms. The number of nitrogens with zero attached hydrogens (tertiary/aromatic N) is 1. The van der Waals surface area contributed by atoms with Gasteiger partial charge >= 0.3 is 0 Å². The Morgan fingerprint density at radius 2 is 2.12 bits per heavy atom. The van der Waals surface area contributed by atoms with Crippen molar-refractivity contribution < 1.29 is 9.53 Å². The zero-order chi connectivity index (χ0) is 12.3. The molecular weight excluding hydrogens is 214 g/mol. The maximum absolute atomic E-state index is 12.0. The lowest BCUT2D eigenvalue weighted by Crippen LogP contribution is -2.42. The summed E-state index contributed by atoms with van der Waals surface area (Å²) in [4.78, 5) is 13.8. The third kappa shape index (κ3) is 2.24. The number of carbonyl (C=O) groups excluding carboxylic acids is 1. The van der Waals surface area contributed by atoms with E-state index in [1.807, 2.05) is 50.3 Å². The number of hydrogen-bond acceptors (Lipinski definition) is 2. The largest absolute Gasteiger partial charge is 0.354 e. The van der Waals surface area contributed by atoms with Gasteiger partial charge in [0, 0.05) is 13.0 Å². The van der Waals surface area contributed by atoms with E-state index in [2.05, 4.69) is 0 Å². The van der Waals surface area contributed by atoms with E-state index in [1.54, 1.807) is 4.90 Å². The Labute approximate surface area is 102 Å². The summed E-state index contributed by atoms with van der Waals surface area (Å²) in [7, 11) is 0. The molecule has 0 saturated heterocycles. The van der Waals surface area contributed by atoms with Gasteiger partial charge in [-0.25, -0.2) is 0 Å². The zero-order valence-corrected chi connectivity index (χ0v) is 10.2. The van der Waals surface area contributed by atoms with E-state index >= 15 is 0 Å². The number of hydrogen-bond donors (Lipinski definition) is 0. The number of anilines is 1. The van der Waals surface area contributed by atoms with Crippen LogP contribution in [0, 0.1) is 0 Å². The van der Waals surface area contributed by atoms with E-state index in [0.29, 0.717) is 13.0 Å². The Bertz CT molecular complexity index is 440. The average Bonchev–Trinajstić information content (AvgIpc) is 2.38. The maximum atomic E-state index is 12.0. The summed E-state index contributed by atoms with van der Waals surface area (Å²) in [5.41, 5.74) is 1.99. The van der Waals surface area contributed by atoms with Crippen LogP contribution in [0.5, 0.6) is 0 Å². The van der Waals surface area contributed by atoms with Gasteiger partial charge in [-0.2, -0.15) is 0 Å².